The fourth-order valence-corrected chi connectivity index (χ4v) is 4.23. The molecule has 0 bridgehead atoms. The monoisotopic (exact) mass is 358 g/mol. The number of amides is 1. The van der Waals surface area contributed by atoms with Crippen molar-refractivity contribution in [2.75, 3.05) is 33.2 Å². The Bertz CT molecular complexity index is 643. The first-order valence-electron chi connectivity index (χ1n) is 10.0. The van der Waals surface area contributed by atoms with Crippen molar-refractivity contribution in [3.05, 3.63) is 47.3 Å². The van der Waals surface area contributed by atoms with Crippen LogP contribution in [0.1, 0.15) is 44.1 Å². The Morgan fingerprint density at radius 1 is 1.27 bits per heavy atom. The number of carbonyl (C=O) groups is 1. The second-order valence-electron chi connectivity index (χ2n) is 7.81. The highest BCUT2D eigenvalue weighted by molar-refractivity contribution is 5.93. The van der Waals surface area contributed by atoms with Crippen molar-refractivity contribution in [2.24, 2.45) is 5.92 Å². The standard InChI is InChI=1S/C22H31FN2O/c1-24(22(26)20-10-3-2-4-11-20)16-18-8-7-14-25(17-18)15-13-19-9-5-6-12-21(19)23/h5-6,9-10,12,18H,2-4,7-8,11,13-17H2,1H3/t18-/m0/s1. The number of rotatable bonds is 6. The molecular formula is C22H31FN2O. The molecule has 0 unspecified atom stereocenters. The van der Waals surface area contributed by atoms with E-state index < -0.39 is 0 Å². The average Bonchev–Trinajstić information content (AvgIpc) is 2.68. The Labute approximate surface area is 156 Å². The lowest BCUT2D eigenvalue weighted by Gasteiger charge is -2.35. The van der Waals surface area contributed by atoms with Crippen LogP contribution in [0.5, 0.6) is 0 Å². The van der Waals surface area contributed by atoms with Crippen molar-refractivity contribution >= 4 is 5.91 Å². The first-order valence-corrected chi connectivity index (χ1v) is 10.0. The summed E-state index contributed by atoms with van der Waals surface area (Å²) in [5.74, 6) is 0.628. The van der Waals surface area contributed by atoms with E-state index in [9.17, 15) is 9.18 Å². The molecule has 1 heterocycles. The van der Waals surface area contributed by atoms with Crippen LogP contribution in [-0.2, 0) is 11.2 Å². The maximum Gasteiger partial charge on any atom is 0.249 e. The van der Waals surface area contributed by atoms with Gasteiger partial charge < -0.3 is 9.80 Å². The number of halogens is 1. The molecule has 1 aliphatic heterocycles. The highest BCUT2D eigenvalue weighted by Gasteiger charge is 2.24. The molecule has 1 aromatic rings. The predicted molar refractivity (Wildman–Crippen MR) is 103 cm³/mol. The molecular weight excluding hydrogens is 327 g/mol. The number of piperidine rings is 1. The summed E-state index contributed by atoms with van der Waals surface area (Å²) >= 11 is 0. The average molecular weight is 359 g/mol. The van der Waals surface area contributed by atoms with Crippen LogP contribution in [-0.4, -0.2) is 48.9 Å². The SMILES string of the molecule is CN(C[C@@H]1CCCN(CCc2ccccc2F)C1)C(=O)C1=CCCCC1. The number of likely N-dealkylation sites (N-methyl/N-ethyl adjacent to an activating group) is 1. The van der Waals surface area contributed by atoms with Crippen LogP contribution in [0.15, 0.2) is 35.9 Å². The fraction of sp³-hybridized carbons (Fsp3) is 0.591. The van der Waals surface area contributed by atoms with Gasteiger partial charge in [0, 0.05) is 32.3 Å². The van der Waals surface area contributed by atoms with Crippen LogP contribution < -0.4 is 0 Å². The summed E-state index contributed by atoms with van der Waals surface area (Å²) in [5, 5.41) is 0. The number of hydrogen-bond donors (Lipinski definition) is 0. The number of nitrogens with zero attached hydrogens (tertiary/aromatic N) is 2. The Hall–Kier alpha value is -1.68. The number of benzene rings is 1. The van der Waals surface area contributed by atoms with Gasteiger partial charge in [0.1, 0.15) is 5.82 Å². The zero-order valence-electron chi connectivity index (χ0n) is 15.9. The van der Waals surface area contributed by atoms with Crippen molar-refractivity contribution in [3.8, 4) is 0 Å². The second kappa shape index (κ2) is 9.31. The lowest BCUT2D eigenvalue weighted by atomic mass is 9.95. The third-order valence-electron chi connectivity index (χ3n) is 5.70. The Kier molecular flexibility index (Phi) is 6.84. The lowest BCUT2D eigenvalue weighted by molar-refractivity contribution is -0.126. The minimum Gasteiger partial charge on any atom is -0.342 e. The minimum atomic E-state index is -0.104. The highest BCUT2D eigenvalue weighted by Crippen LogP contribution is 2.22. The van der Waals surface area contributed by atoms with Gasteiger partial charge in [0.2, 0.25) is 5.91 Å². The quantitative estimate of drug-likeness (QED) is 0.766. The van der Waals surface area contributed by atoms with Gasteiger partial charge in [-0.05, 0) is 69.0 Å². The van der Waals surface area contributed by atoms with E-state index in [0.717, 1.165) is 69.4 Å². The van der Waals surface area contributed by atoms with Gasteiger partial charge in [-0.2, -0.15) is 0 Å². The van der Waals surface area contributed by atoms with E-state index in [1.54, 1.807) is 6.07 Å². The van der Waals surface area contributed by atoms with Crippen molar-refractivity contribution in [3.63, 3.8) is 0 Å². The summed E-state index contributed by atoms with van der Waals surface area (Å²) in [4.78, 5) is 17.0. The number of hydrogen-bond acceptors (Lipinski definition) is 2. The zero-order valence-corrected chi connectivity index (χ0v) is 15.9. The van der Waals surface area contributed by atoms with Crippen LogP contribution in [0.3, 0.4) is 0 Å². The molecule has 0 N–H and O–H groups in total. The van der Waals surface area contributed by atoms with Gasteiger partial charge >= 0.3 is 0 Å². The Morgan fingerprint density at radius 3 is 2.88 bits per heavy atom. The number of carbonyl (C=O) groups excluding carboxylic acids is 1. The molecule has 3 nitrogen and oxygen atoms in total. The molecule has 0 spiro atoms. The molecule has 1 aliphatic carbocycles. The summed E-state index contributed by atoms with van der Waals surface area (Å²) in [6.07, 6.45) is 9.54. The molecule has 142 valence electrons. The molecule has 0 aromatic heterocycles. The van der Waals surface area contributed by atoms with E-state index in [1.807, 2.05) is 24.1 Å². The summed E-state index contributed by atoms with van der Waals surface area (Å²) in [6, 6.07) is 7.05. The van der Waals surface area contributed by atoms with E-state index in [2.05, 4.69) is 11.0 Å². The molecule has 4 heteroatoms. The topological polar surface area (TPSA) is 23.6 Å². The van der Waals surface area contributed by atoms with E-state index in [1.165, 1.54) is 18.9 Å². The first-order chi connectivity index (χ1) is 12.6. The van der Waals surface area contributed by atoms with Crippen molar-refractivity contribution in [1.82, 2.24) is 9.80 Å². The molecule has 1 saturated heterocycles. The Morgan fingerprint density at radius 2 is 2.12 bits per heavy atom. The smallest absolute Gasteiger partial charge is 0.249 e. The largest absolute Gasteiger partial charge is 0.342 e. The van der Waals surface area contributed by atoms with Gasteiger partial charge in [0.05, 0.1) is 0 Å². The Balaban J connectivity index is 1.48. The lowest BCUT2D eigenvalue weighted by Crippen LogP contribution is -2.42. The van der Waals surface area contributed by atoms with Crippen molar-refractivity contribution in [2.45, 2.75) is 44.9 Å². The highest BCUT2D eigenvalue weighted by atomic mass is 19.1. The van der Waals surface area contributed by atoms with Gasteiger partial charge in [-0.1, -0.05) is 24.3 Å². The van der Waals surface area contributed by atoms with Gasteiger partial charge in [-0.25, -0.2) is 4.39 Å². The minimum absolute atomic E-state index is 0.104. The van der Waals surface area contributed by atoms with Crippen molar-refractivity contribution < 1.29 is 9.18 Å². The summed E-state index contributed by atoms with van der Waals surface area (Å²) in [7, 11) is 1.94. The van der Waals surface area contributed by atoms with Crippen LogP contribution in [0.25, 0.3) is 0 Å². The fourth-order valence-electron chi connectivity index (χ4n) is 4.23. The van der Waals surface area contributed by atoms with Crippen LogP contribution >= 0.6 is 0 Å². The normalized spacial score (nSPS) is 21.3. The summed E-state index contributed by atoms with van der Waals surface area (Å²) < 4.78 is 13.8. The van der Waals surface area contributed by atoms with E-state index in [0.29, 0.717) is 5.92 Å². The molecule has 0 radical (unpaired) electrons. The predicted octanol–water partition coefficient (Wildman–Crippen LogP) is 4.04. The zero-order chi connectivity index (χ0) is 18.4. The summed E-state index contributed by atoms with van der Waals surface area (Å²) in [5.41, 5.74) is 1.80. The van der Waals surface area contributed by atoms with Crippen molar-refractivity contribution in [1.29, 1.82) is 0 Å². The maximum absolute atomic E-state index is 13.8. The van der Waals surface area contributed by atoms with Crippen LogP contribution in [0, 0.1) is 11.7 Å². The molecule has 1 amide bonds. The molecule has 1 fully saturated rings. The number of likely N-dealkylation sites (tertiary alicyclic amines) is 1. The van der Waals surface area contributed by atoms with E-state index >= 15 is 0 Å². The molecule has 3 rings (SSSR count). The molecule has 26 heavy (non-hydrogen) atoms. The van der Waals surface area contributed by atoms with Gasteiger partial charge in [-0.15, -0.1) is 0 Å². The van der Waals surface area contributed by atoms with Gasteiger partial charge in [0.15, 0.2) is 0 Å². The van der Waals surface area contributed by atoms with E-state index in [4.69, 9.17) is 0 Å². The molecule has 1 aromatic carbocycles. The second-order valence-corrected chi connectivity index (χ2v) is 7.81. The first kappa shape index (κ1) is 19.1. The maximum atomic E-state index is 13.8. The molecule has 2 aliphatic rings. The number of allylic oxidation sites excluding steroid dienone is 1. The molecule has 1 atom stereocenters. The van der Waals surface area contributed by atoms with Crippen LogP contribution in [0.4, 0.5) is 4.39 Å². The third-order valence-corrected chi connectivity index (χ3v) is 5.70. The van der Waals surface area contributed by atoms with Gasteiger partial charge in [-0.3, -0.25) is 4.79 Å². The van der Waals surface area contributed by atoms with E-state index in [-0.39, 0.29) is 11.7 Å². The van der Waals surface area contributed by atoms with Crippen LogP contribution in [0.2, 0.25) is 0 Å². The third kappa shape index (κ3) is 5.16. The van der Waals surface area contributed by atoms with Gasteiger partial charge in [0.25, 0.3) is 0 Å². The molecule has 0 saturated carbocycles. The summed E-state index contributed by atoms with van der Waals surface area (Å²) in [6.45, 7) is 3.80.